The number of amides is 2. The van der Waals surface area contributed by atoms with Gasteiger partial charge in [-0.25, -0.2) is 9.59 Å². The second-order valence-corrected chi connectivity index (χ2v) is 8.06. The number of anilines is 1. The molecule has 1 aliphatic heterocycles. The SMILES string of the molecule is CCOC(=O)c1cccc(COC(=O)c2cccc(N3C(=O)[C@H]4CCCC[C@H]4C3=O)c2)c1. The zero-order valence-corrected chi connectivity index (χ0v) is 17.9. The van der Waals surface area contributed by atoms with Crippen molar-refractivity contribution in [3.8, 4) is 0 Å². The molecule has 0 radical (unpaired) electrons. The van der Waals surface area contributed by atoms with E-state index >= 15 is 0 Å². The maximum absolute atomic E-state index is 12.8. The minimum atomic E-state index is -0.579. The maximum Gasteiger partial charge on any atom is 0.338 e. The van der Waals surface area contributed by atoms with Crippen LogP contribution in [0.3, 0.4) is 0 Å². The Labute approximate surface area is 186 Å². The normalized spacial score (nSPS) is 20.1. The Balaban J connectivity index is 1.45. The quantitative estimate of drug-likeness (QED) is 0.505. The summed E-state index contributed by atoms with van der Waals surface area (Å²) in [7, 11) is 0. The maximum atomic E-state index is 12.8. The lowest BCUT2D eigenvalue weighted by atomic mass is 9.81. The number of carbonyl (C=O) groups is 4. The lowest BCUT2D eigenvalue weighted by Crippen LogP contribution is -2.31. The summed E-state index contributed by atoms with van der Waals surface area (Å²) in [5.41, 5.74) is 1.68. The third-order valence-corrected chi connectivity index (χ3v) is 5.99. The molecular formula is C25H25NO6. The lowest BCUT2D eigenvalue weighted by molar-refractivity contribution is -0.122. The van der Waals surface area contributed by atoms with Gasteiger partial charge in [0.2, 0.25) is 11.8 Å². The molecule has 2 fully saturated rings. The fourth-order valence-electron chi connectivity index (χ4n) is 4.42. The molecule has 1 heterocycles. The van der Waals surface area contributed by atoms with Crippen molar-refractivity contribution in [3.63, 3.8) is 0 Å². The predicted octanol–water partition coefficient (Wildman–Crippen LogP) is 3.90. The van der Waals surface area contributed by atoms with Crippen LogP contribution in [-0.4, -0.2) is 30.4 Å². The van der Waals surface area contributed by atoms with Gasteiger partial charge in [-0.3, -0.25) is 14.5 Å². The van der Waals surface area contributed by atoms with Gasteiger partial charge in [-0.15, -0.1) is 0 Å². The standard InChI is InChI=1S/C25H25NO6/c1-2-31-24(29)17-8-5-7-16(13-17)15-32-25(30)18-9-6-10-19(14-18)26-22(27)20-11-3-4-12-21(20)23(26)28/h5-10,13-14,20-21H,2-4,11-12,15H2,1H3/t20-,21+. The van der Waals surface area contributed by atoms with E-state index in [9.17, 15) is 19.2 Å². The number of esters is 2. The monoisotopic (exact) mass is 435 g/mol. The van der Waals surface area contributed by atoms with Crippen LogP contribution in [0.5, 0.6) is 0 Å². The number of fused-ring (bicyclic) bond motifs is 1. The molecule has 1 aliphatic carbocycles. The molecule has 0 spiro atoms. The Morgan fingerprint density at radius 2 is 1.47 bits per heavy atom. The van der Waals surface area contributed by atoms with E-state index in [1.54, 1.807) is 49.4 Å². The van der Waals surface area contributed by atoms with Crippen LogP contribution >= 0.6 is 0 Å². The van der Waals surface area contributed by atoms with E-state index in [4.69, 9.17) is 9.47 Å². The Bertz CT molecular complexity index is 1040. The Kier molecular flexibility index (Phi) is 6.35. The van der Waals surface area contributed by atoms with Gasteiger partial charge in [-0.2, -0.15) is 0 Å². The lowest BCUT2D eigenvalue weighted by Gasteiger charge is -2.19. The first-order valence-electron chi connectivity index (χ1n) is 10.9. The number of hydrogen-bond donors (Lipinski definition) is 0. The summed E-state index contributed by atoms with van der Waals surface area (Å²) in [4.78, 5) is 51.4. The number of nitrogens with zero attached hydrogens (tertiary/aromatic N) is 1. The number of hydrogen-bond acceptors (Lipinski definition) is 6. The summed E-state index contributed by atoms with van der Waals surface area (Å²) in [6.45, 7) is 1.98. The van der Waals surface area contributed by atoms with Gasteiger partial charge in [0.25, 0.3) is 0 Å². The summed E-state index contributed by atoms with van der Waals surface area (Å²) in [6.07, 6.45) is 3.38. The largest absolute Gasteiger partial charge is 0.462 e. The summed E-state index contributed by atoms with van der Waals surface area (Å²) >= 11 is 0. The molecule has 1 saturated carbocycles. The van der Waals surface area contributed by atoms with E-state index in [1.807, 2.05) is 0 Å². The number of rotatable bonds is 6. The van der Waals surface area contributed by atoms with Gasteiger partial charge >= 0.3 is 11.9 Å². The first-order valence-corrected chi connectivity index (χ1v) is 10.9. The van der Waals surface area contributed by atoms with Crippen LogP contribution in [0.25, 0.3) is 0 Å². The van der Waals surface area contributed by atoms with E-state index < -0.39 is 11.9 Å². The molecule has 2 amide bonds. The molecule has 2 aliphatic rings. The van der Waals surface area contributed by atoms with Crippen molar-refractivity contribution in [1.82, 2.24) is 0 Å². The van der Waals surface area contributed by atoms with Crippen LogP contribution < -0.4 is 4.90 Å². The average Bonchev–Trinajstić information content (AvgIpc) is 3.08. The first kappa shape index (κ1) is 21.7. The van der Waals surface area contributed by atoms with Crippen LogP contribution in [0, 0.1) is 11.8 Å². The zero-order valence-electron chi connectivity index (χ0n) is 17.9. The van der Waals surface area contributed by atoms with E-state index in [0.29, 0.717) is 16.8 Å². The highest BCUT2D eigenvalue weighted by Gasteiger charge is 2.48. The number of imide groups is 1. The van der Waals surface area contributed by atoms with Gasteiger partial charge in [-0.05, 0) is 55.7 Å². The molecule has 166 valence electrons. The average molecular weight is 435 g/mol. The van der Waals surface area contributed by atoms with Crippen molar-refractivity contribution in [2.75, 3.05) is 11.5 Å². The van der Waals surface area contributed by atoms with Crippen molar-refractivity contribution < 1.29 is 28.7 Å². The molecule has 2 aromatic carbocycles. The van der Waals surface area contributed by atoms with Gasteiger partial charge in [-0.1, -0.05) is 31.0 Å². The van der Waals surface area contributed by atoms with E-state index in [1.165, 1.54) is 11.0 Å². The number of ether oxygens (including phenoxy) is 2. The van der Waals surface area contributed by atoms with Crippen LogP contribution in [0.2, 0.25) is 0 Å². The van der Waals surface area contributed by atoms with Crippen LogP contribution in [0.15, 0.2) is 48.5 Å². The predicted molar refractivity (Wildman–Crippen MR) is 116 cm³/mol. The first-order chi connectivity index (χ1) is 15.5. The molecular weight excluding hydrogens is 410 g/mol. The second kappa shape index (κ2) is 9.34. The molecule has 0 N–H and O–H groups in total. The van der Waals surface area contributed by atoms with Crippen molar-refractivity contribution >= 4 is 29.4 Å². The zero-order chi connectivity index (χ0) is 22.7. The van der Waals surface area contributed by atoms with Crippen molar-refractivity contribution in [1.29, 1.82) is 0 Å². The smallest absolute Gasteiger partial charge is 0.338 e. The molecule has 2 aromatic rings. The number of benzene rings is 2. The van der Waals surface area contributed by atoms with Gasteiger partial charge in [0.1, 0.15) is 6.61 Å². The molecule has 0 unspecified atom stereocenters. The van der Waals surface area contributed by atoms with Crippen molar-refractivity contribution in [2.45, 2.75) is 39.2 Å². The molecule has 1 saturated heterocycles. The Morgan fingerprint density at radius 1 is 0.875 bits per heavy atom. The highest BCUT2D eigenvalue weighted by molar-refractivity contribution is 6.22. The van der Waals surface area contributed by atoms with E-state index in [0.717, 1.165) is 25.7 Å². The van der Waals surface area contributed by atoms with E-state index in [2.05, 4.69) is 0 Å². The van der Waals surface area contributed by atoms with Gasteiger partial charge in [0.15, 0.2) is 0 Å². The summed E-state index contributed by atoms with van der Waals surface area (Å²) in [5.74, 6) is -1.88. The molecule has 7 heteroatoms. The van der Waals surface area contributed by atoms with Crippen LogP contribution in [0.4, 0.5) is 5.69 Å². The molecule has 4 rings (SSSR count). The third kappa shape index (κ3) is 4.28. The minimum absolute atomic E-state index is 0.0258. The molecule has 7 nitrogen and oxygen atoms in total. The Hall–Kier alpha value is -3.48. The molecule has 2 atom stereocenters. The summed E-state index contributed by atoms with van der Waals surface area (Å²) in [5, 5.41) is 0. The van der Waals surface area contributed by atoms with Crippen LogP contribution in [0.1, 0.15) is 58.9 Å². The van der Waals surface area contributed by atoms with Crippen molar-refractivity contribution in [3.05, 3.63) is 65.2 Å². The minimum Gasteiger partial charge on any atom is -0.462 e. The van der Waals surface area contributed by atoms with Gasteiger partial charge in [0, 0.05) is 0 Å². The summed E-state index contributed by atoms with van der Waals surface area (Å²) < 4.78 is 10.4. The van der Waals surface area contributed by atoms with Gasteiger partial charge in [0.05, 0.1) is 35.3 Å². The van der Waals surface area contributed by atoms with E-state index in [-0.39, 0.29) is 42.4 Å². The topological polar surface area (TPSA) is 90.0 Å². The fraction of sp³-hybridized carbons (Fsp3) is 0.360. The second-order valence-electron chi connectivity index (χ2n) is 8.06. The van der Waals surface area contributed by atoms with Crippen LogP contribution in [-0.2, 0) is 25.7 Å². The van der Waals surface area contributed by atoms with Crippen molar-refractivity contribution in [2.24, 2.45) is 11.8 Å². The number of carbonyl (C=O) groups excluding carboxylic acids is 4. The van der Waals surface area contributed by atoms with Gasteiger partial charge < -0.3 is 9.47 Å². The molecule has 0 aromatic heterocycles. The third-order valence-electron chi connectivity index (χ3n) is 5.99. The molecule has 0 bridgehead atoms. The fourth-order valence-corrected chi connectivity index (χ4v) is 4.42. The Morgan fingerprint density at radius 3 is 2.12 bits per heavy atom. The highest BCUT2D eigenvalue weighted by atomic mass is 16.5. The highest BCUT2D eigenvalue weighted by Crippen LogP contribution is 2.40. The summed E-state index contributed by atoms with van der Waals surface area (Å²) in [6, 6.07) is 13.1. The molecule has 32 heavy (non-hydrogen) atoms.